The fourth-order valence-electron chi connectivity index (χ4n) is 2.74. The predicted octanol–water partition coefficient (Wildman–Crippen LogP) is 7.39. The van der Waals surface area contributed by atoms with Gasteiger partial charge in [0.05, 0.1) is 0 Å². The molecule has 2 aromatic rings. The number of benzene rings is 2. The Morgan fingerprint density at radius 3 is 2.42 bits per heavy atom. The molecule has 4 heteroatoms. The van der Waals surface area contributed by atoms with Gasteiger partial charge in [-0.15, -0.1) is 0 Å². The lowest BCUT2D eigenvalue weighted by Gasteiger charge is -2.14. The Kier molecular flexibility index (Phi) is 7.31. The van der Waals surface area contributed by atoms with Crippen molar-refractivity contribution in [1.29, 1.82) is 0 Å². The van der Waals surface area contributed by atoms with E-state index in [1.165, 1.54) is 0 Å². The summed E-state index contributed by atoms with van der Waals surface area (Å²) in [4.78, 5) is 0. The average Bonchev–Trinajstić information content (AvgIpc) is 2.60. The summed E-state index contributed by atoms with van der Waals surface area (Å²) in [7, 11) is 0. The Morgan fingerprint density at radius 1 is 1.23 bits per heavy atom. The van der Waals surface area contributed by atoms with Crippen LogP contribution in [0.3, 0.4) is 0 Å². The van der Waals surface area contributed by atoms with Crippen LogP contribution in [0.15, 0.2) is 54.6 Å². The van der Waals surface area contributed by atoms with Gasteiger partial charge in [-0.3, -0.25) is 0 Å². The largest absolute Gasteiger partial charge is 0.381 e. The first-order valence-corrected chi connectivity index (χ1v) is 9.39. The fourth-order valence-corrected chi connectivity index (χ4v) is 3.36. The molecule has 0 saturated heterocycles. The van der Waals surface area contributed by atoms with Crippen molar-refractivity contribution in [3.05, 3.63) is 87.2 Å². The van der Waals surface area contributed by atoms with Gasteiger partial charge in [0, 0.05) is 28.7 Å². The van der Waals surface area contributed by atoms with E-state index in [1.807, 2.05) is 51.1 Å². The minimum Gasteiger partial charge on any atom is -0.381 e. The molecule has 1 N–H and O–H groups in total. The highest BCUT2D eigenvalue weighted by molar-refractivity contribution is 6.36. The molecule has 2 rings (SSSR count). The van der Waals surface area contributed by atoms with Gasteiger partial charge in [0.25, 0.3) is 0 Å². The van der Waals surface area contributed by atoms with E-state index in [2.05, 4.69) is 11.9 Å². The van der Waals surface area contributed by atoms with Crippen molar-refractivity contribution < 1.29 is 4.39 Å². The minimum atomic E-state index is -0.180. The van der Waals surface area contributed by atoms with E-state index in [4.69, 9.17) is 23.2 Å². The summed E-state index contributed by atoms with van der Waals surface area (Å²) in [6.45, 7) is 10.3. The van der Waals surface area contributed by atoms with Crippen molar-refractivity contribution >= 4 is 28.9 Å². The van der Waals surface area contributed by atoms with E-state index in [-0.39, 0.29) is 11.7 Å². The normalized spacial score (nSPS) is 11.7. The van der Waals surface area contributed by atoms with Crippen LogP contribution in [0.2, 0.25) is 10.0 Å². The van der Waals surface area contributed by atoms with Gasteiger partial charge in [-0.25, -0.2) is 4.39 Å². The van der Waals surface area contributed by atoms with Gasteiger partial charge >= 0.3 is 0 Å². The second-order valence-electron chi connectivity index (χ2n) is 6.49. The van der Waals surface area contributed by atoms with Crippen molar-refractivity contribution in [3.63, 3.8) is 0 Å². The summed E-state index contributed by atoms with van der Waals surface area (Å²) in [5.41, 5.74) is 3.93. The highest BCUT2D eigenvalue weighted by Crippen LogP contribution is 2.32. The first-order chi connectivity index (χ1) is 12.4. The van der Waals surface area contributed by atoms with Gasteiger partial charge in [0.15, 0.2) is 0 Å². The van der Waals surface area contributed by atoms with E-state index >= 15 is 0 Å². The summed E-state index contributed by atoms with van der Waals surface area (Å²) in [5, 5.41) is 4.32. The van der Waals surface area contributed by atoms with Crippen molar-refractivity contribution in [2.45, 2.75) is 33.1 Å². The van der Waals surface area contributed by atoms with Crippen LogP contribution < -0.4 is 5.32 Å². The molecule has 1 nitrogen and oxygen atoms in total. The number of hydrogen-bond acceptors (Lipinski definition) is 1. The quantitative estimate of drug-likeness (QED) is 0.485. The van der Waals surface area contributed by atoms with E-state index < -0.39 is 0 Å². The maximum atomic E-state index is 14.7. The second-order valence-corrected chi connectivity index (χ2v) is 7.31. The maximum Gasteiger partial charge on any atom is 0.130 e. The molecule has 0 radical (unpaired) electrons. The van der Waals surface area contributed by atoms with E-state index in [1.54, 1.807) is 12.1 Å². The lowest BCUT2D eigenvalue weighted by Crippen LogP contribution is -2.04. The van der Waals surface area contributed by atoms with Crippen LogP contribution in [0.25, 0.3) is 0 Å². The smallest absolute Gasteiger partial charge is 0.130 e. The summed E-state index contributed by atoms with van der Waals surface area (Å²) in [5.74, 6) is -0.0568. The molecule has 0 aliphatic heterocycles. The Morgan fingerprint density at radius 2 is 1.88 bits per heavy atom. The third kappa shape index (κ3) is 4.90. The first-order valence-electron chi connectivity index (χ1n) is 8.64. The standard InChI is InChI=1S/C22H24Cl2FN/c1-5-15(6-2)13-26-17-11-20(23)19(21(24)12-17)10-16-8-7-9-18(14(3)4)22(16)25/h5-9,11-12,14,26H,1,10,13H2,2-4H3/b15-6+. The van der Waals surface area contributed by atoms with Crippen molar-refractivity contribution in [2.75, 3.05) is 11.9 Å². The van der Waals surface area contributed by atoms with Crippen LogP contribution in [0, 0.1) is 5.82 Å². The molecule has 0 saturated carbocycles. The molecular weight excluding hydrogens is 368 g/mol. The number of allylic oxidation sites excluding steroid dienone is 1. The molecule has 0 amide bonds. The molecule has 0 atom stereocenters. The lowest BCUT2D eigenvalue weighted by atomic mass is 9.96. The van der Waals surface area contributed by atoms with Crippen LogP contribution >= 0.6 is 23.2 Å². The summed E-state index contributed by atoms with van der Waals surface area (Å²) < 4.78 is 14.7. The number of halogens is 3. The SMILES string of the molecule is C=C/C(=C\C)CNc1cc(Cl)c(Cc2cccc(C(C)C)c2F)c(Cl)c1. The Hall–Kier alpha value is -1.77. The highest BCUT2D eigenvalue weighted by Gasteiger charge is 2.15. The molecule has 0 spiro atoms. The molecule has 138 valence electrons. The number of nitrogens with one attached hydrogen (secondary N) is 1. The van der Waals surface area contributed by atoms with Gasteiger partial charge < -0.3 is 5.32 Å². The monoisotopic (exact) mass is 391 g/mol. The van der Waals surface area contributed by atoms with Crippen LogP contribution in [0.1, 0.15) is 43.4 Å². The van der Waals surface area contributed by atoms with Crippen molar-refractivity contribution in [1.82, 2.24) is 0 Å². The van der Waals surface area contributed by atoms with E-state index in [9.17, 15) is 4.39 Å². The fraction of sp³-hybridized carbons (Fsp3) is 0.273. The van der Waals surface area contributed by atoms with Gasteiger partial charge in [0.1, 0.15) is 5.82 Å². The van der Waals surface area contributed by atoms with Crippen LogP contribution in [-0.2, 0) is 6.42 Å². The Labute approximate surface area is 165 Å². The molecule has 0 heterocycles. The number of rotatable bonds is 7. The first kappa shape index (κ1) is 20.5. The van der Waals surface area contributed by atoms with Crippen LogP contribution in [0.4, 0.5) is 10.1 Å². The molecule has 2 aromatic carbocycles. The third-order valence-corrected chi connectivity index (χ3v) is 5.04. The summed E-state index contributed by atoms with van der Waals surface area (Å²) in [6, 6.07) is 9.12. The zero-order chi connectivity index (χ0) is 19.3. The number of hydrogen-bond donors (Lipinski definition) is 1. The summed E-state index contributed by atoms with van der Waals surface area (Å²) >= 11 is 12.9. The van der Waals surface area contributed by atoms with Gasteiger partial charge in [-0.05, 0) is 47.2 Å². The van der Waals surface area contributed by atoms with Crippen LogP contribution in [0.5, 0.6) is 0 Å². The number of anilines is 1. The van der Waals surface area contributed by atoms with Crippen LogP contribution in [-0.4, -0.2) is 6.54 Å². The molecule has 0 aliphatic carbocycles. The minimum absolute atomic E-state index is 0.123. The molecule has 0 unspecified atom stereocenters. The molecule has 0 bridgehead atoms. The van der Waals surface area contributed by atoms with E-state index in [0.29, 0.717) is 34.1 Å². The molecule has 0 aromatic heterocycles. The lowest BCUT2D eigenvalue weighted by molar-refractivity contribution is 0.585. The van der Waals surface area contributed by atoms with Gasteiger partial charge in [-0.1, -0.05) is 74.0 Å². The topological polar surface area (TPSA) is 12.0 Å². The van der Waals surface area contributed by atoms with Gasteiger partial charge in [-0.2, -0.15) is 0 Å². The predicted molar refractivity (Wildman–Crippen MR) is 112 cm³/mol. The molecule has 26 heavy (non-hydrogen) atoms. The zero-order valence-electron chi connectivity index (χ0n) is 15.4. The van der Waals surface area contributed by atoms with E-state index in [0.717, 1.165) is 16.8 Å². The van der Waals surface area contributed by atoms with Gasteiger partial charge in [0.2, 0.25) is 0 Å². The zero-order valence-corrected chi connectivity index (χ0v) is 16.9. The maximum absolute atomic E-state index is 14.7. The Balaban J connectivity index is 2.26. The molecule has 0 fully saturated rings. The second kappa shape index (κ2) is 9.25. The molecule has 0 aliphatic rings. The summed E-state index contributed by atoms with van der Waals surface area (Å²) in [6.07, 6.45) is 4.15. The highest BCUT2D eigenvalue weighted by atomic mass is 35.5. The molecular formula is C22H24Cl2FN. The van der Waals surface area contributed by atoms with Crippen molar-refractivity contribution in [3.8, 4) is 0 Å². The Bertz CT molecular complexity index is 802. The average molecular weight is 392 g/mol. The third-order valence-electron chi connectivity index (χ3n) is 4.37. The van der Waals surface area contributed by atoms with Crippen molar-refractivity contribution in [2.24, 2.45) is 0 Å².